The summed E-state index contributed by atoms with van der Waals surface area (Å²) in [5.74, 6) is 0. The van der Waals surface area contributed by atoms with E-state index in [1.807, 2.05) is 6.07 Å². The van der Waals surface area contributed by atoms with Crippen molar-refractivity contribution in [2.75, 3.05) is 0 Å². The third kappa shape index (κ3) is 2.37. The molecule has 15 heavy (non-hydrogen) atoms. The summed E-state index contributed by atoms with van der Waals surface area (Å²) < 4.78 is 5.72. The van der Waals surface area contributed by atoms with E-state index in [0.717, 1.165) is 19.3 Å². The van der Waals surface area contributed by atoms with E-state index in [2.05, 4.69) is 31.2 Å². The molecule has 0 bridgehead atoms. The molecule has 1 aromatic rings. The monoisotopic (exact) mass is 201 g/mol. The number of nitrogens with zero attached hydrogens (tertiary/aromatic N) is 1. The van der Waals surface area contributed by atoms with E-state index in [-0.39, 0.29) is 12.2 Å². The number of hydrogen-bond acceptors (Lipinski definition) is 2. The van der Waals surface area contributed by atoms with E-state index in [9.17, 15) is 0 Å². The Kier molecular flexibility index (Phi) is 3.03. The molecule has 0 spiro atoms. The predicted molar refractivity (Wildman–Crippen MR) is 58.3 cm³/mol. The topological polar surface area (TPSA) is 33.0 Å². The third-order valence-corrected chi connectivity index (χ3v) is 2.82. The van der Waals surface area contributed by atoms with Gasteiger partial charge in [0.2, 0.25) is 0 Å². The summed E-state index contributed by atoms with van der Waals surface area (Å²) >= 11 is 0. The van der Waals surface area contributed by atoms with E-state index < -0.39 is 0 Å². The number of aryl methyl sites for hydroxylation is 1. The summed E-state index contributed by atoms with van der Waals surface area (Å²) in [4.78, 5) is 0. The van der Waals surface area contributed by atoms with Gasteiger partial charge in [0, 0.05) is 0 Å². The molecule has 0 unspecified atom stereocenters. The van der Waals surface area contributed by atoms with Gasteiger partial charge in [0.05, 0.1) is 12.2 Å². The maximum atomic E-state index is 8.84. The molecule has 1 fully saturated rings. The maximum absolute atomic E-state index is 8.84. The highest BCUT2D eigenvalue weighted by Gasteiger charge is 2.23. The van der Waals surface area contributed by atoms with Gasteiger partial charge >= 0.3 is 0 Å². The molecule has 0 radical (unpaired) electrons. The molecule has 1 aliphatic heterocycles. The van der Waals surface area contributed by atoms with Crippen LogP contribution in [0.1, 0.15) is 36.5 Å². The third-order valence-electron chi connectivity index (χ3n) is 2.82. The van der Waals surface area contributed by atoms with Gasteiger partial charge in [-0.3, -0.25) is 0 Å². The van der Waals surface area contributed by atoms with Gasteiger partial charge in [-0.25, -0.2) is 0 Å². The molecule has 0 aromatic heterocycles. The van der Waals surface area contributed by atoms with Gasteiger partial charge in [0.1, 0.15) is 6.10 Å². The Labute approximate surface area is 90.5 Å². The van der Waals surface area contributed by atoms with Crippen LogP contribution in [0, 0.1) is 18.3 Å². The fourth-order valence-electron chi connectivity index (χ4n) is 2.03. The summed E-state index contributed by atoms with van der Waals surface area (Å²) in [5.41, 5.74) is 2.45. The second-order valence-corrected chi connectivity index (χ2v) is 4.09. The molecule has 1 saturated heterocycles. The van der Waals surface area contributed by atoms with Crippen molar-refractivity contribution < 1.29 is 4.74 Å². The molecule has 1 aliphatic rings. The van der Waals surface area contributed by atoms with Crippen molar-refractivity contribution in [2.45, 2.75) is 38.4 Å². The van der Waals surface area contributed by atoms with Gasteiger partial charge in [-0.05, 0) is 31.7 Å². The van der Waals surface area contributed by atoms with Crippen LogP contribution < -0.4 is 0 Å². The number of nitriles is 1. The van der Waals surface area contributed by atoms with Crippen LogP contribution in [-0.2, 0) is 4.74 Å². The van der Waals surface area contributed by atoms with Crippen molar-refractivity contribution in [3.63, 3.8) is 0 Å². The number of rotatable bonds is 1. The minimum absolute atomic E-state index is 0.114. The molecule has 1 heterocycles. The van der Waals surface area contributed by atoms with Crippen LogP contribution in [0.5, 0.6) is 0 Å². The highest BCUT2D eigenvalue weighted by atomic mass is 16.5. The second-order valence-electron chi connectivity index (χ2n) is 4.09. The zero-order valence-corrected chi connectivity index (χ0v) is 8.94. The quantitative estimate of drug-likeness (QED) is 0.699. The van der Waals surface area contributed by atoms with Crippen LogP contribution in [0.25, 0.3) is 0 Å². The first-order valence-electron chi connectivity index (χ1n) is 5.41. The fraction of sp³-hybridized carbons (Fsp3) is 0.462. The molecule has 0 amide bonds. The average Bonchev–Trinajstić information content (AvgIpc) is 2.29. The molecule has 2 atom stereocenters. The number of ether oxygens (including phenoxy) is 1. The first-order valence-corrected chi connectivity index (χ1v) is 5.41. The molecule has 0 N–H and O–H groups in total. The Morgan fingerprint density at radius 3 is 3.00 bits per heavy atom. The molecule has 2 nitrogen and oxygen atoms in total. The molecule has 2 heteroatoms. The first kappa shape index (κ1) is 10.2. The molecule has 1 aromatic carbocycles. The normalized spacial score (nSPS) is 25.9. The Morgan fingerprint density at radius 1 is 1.40 bits per heavy atom. The maximum Gasteiger partial charge on any atom is 0.144 e. The van der Waals surface area contributed by atoms with E-state index in [4.69, 9.17) is 10.00 Å². The Morgan fingerprint density at radius 2 is 2.27 bits per heavy atom. The van der Waals surface area contributed by atoms with E-state index in [0.29, 0.717) is 0 Å². The number of hydrogen-bond donors (Lipinski definition) is 0. The molecule has 0 aliphatic carbocycles. The molecule has 78 valence electrons. The van der Waals surface area contributed by atoms with Gasteiger partial charge in [0.25, 0.3) is 0 Å². The first-order chi connectivity index (χ1) is 7.29. The zero-order valence-electron chi connectivity index (χ0n) is 8.94. The van der Waals surface area contributed by atoms with Gasteiger partial charge < -0.3 is 4.74 Å². The Bertz CT molecular complexity index is 380. The lowest BCUT2D eigenvalue weighted by Crippen LogP contribution is -2.20. The van der Waals surface area contributed by atoms with Gasteiger partial charge in [-0.15, -0.1) is 0 Å². The summed E-state index contributed by atoms with van der Waals surface area (Å²) in [5, 5.41) is 8.84. The van der Waals surface area contributed by atoms with Crippen molar-refractivity contribution >= 4 is 0 Å². The van der Waals surface area contributed by atoms with E-state index >= 15 is 0 Å². The fourth-order valence-corrected chi connectivity index (χ4v) is 2.03. The second kappa shape index (κ2) is 4.46. The van der Waals surface area contributed by atoms with Gasteiger partial charge in [-0.2, -0.15) is 5.26 Å². The highest BCUT2D eigenvalue weighted by molar-refractivity contribution is 5.24. The van der Waals surface area contributed by atoms with E-state index in [1.54, 1.807) is 0 Å². The Hall–Kier alpha value is -1.33. The lowest BCUT2D eigenvalue weighted by molar-refractivity contribution is -0.0228. The van der Waals surface area contributed by atoms with Crippen LogP contribution in [0.3, 0.4) is 0 Å². The van der Waals surface area contributed by atoms with Crippen LogP contribution in [-0.4, -0.2) is 6.10 Å². The lowest BCUT2D eigenvalue weighted by Gasteiger charge is -2.26. The highest BCUT2D eigenvalue weighted by Crippen LogP contribution is 2.31. The van der Waals surface area contributed by atoms with Crippen molar-refractivity contribution in [3.05, 3.63) is 35.4 Å². The molecular formula is C13H15NO. The summed E-state index contributed by atoms with van der Waals surface area (Å²) in [6.45, 7) is 2.08. The van der Waals surface area contributed by atoms with Gasteiger partial charge in [-0.1, -0.05) is 29.8 Å². The summed E-state index contributed by atoms with van der Waals surface area (Å²) in [6.07, 6.45) is 2.88. The van der Waals surface area contributed by atoms with Crippen LogP contribution in [0.2, 0.25) is 0 Å². The van der Waals surface area contributed by atoms with Crippen molar-refractivity contribution in [1.29, 1.82) is 5.26 Å². The predicted octanol–water partition coefficient (Wildman–Crippen LogP) is 3.13. The molecule has 0 saturated carbocycles. The molecular weight excluding hydrogens is 186 g/mol. The van der Waals surface area contributed by atoms with E-state index in [1.165, 1.54) is 11.1 Å². The van der Waals surface area contributed by atoms with Crippen LogP contribution in [0.15, 0.2) is 24.3 Å². The summed E-state index contributed by atoms with van der Waals surface area (Å²) in [6, 6.07) is 10.5. The lowest BCUT2D eigenvalue weighted by atomic mass is 9.98. The minimum atomic E-state index is -0.218. The van der Waals surface area contributed by atoms with Crippen molar-refractivity contribution in [2.24, 2.45) is 0 Å². The number of benzene rings is 1. The van der Waals surface area contributed by atoms with Crippen LogP contribution in [0.4, 0.5) is 0 Å². The Balaban J connectivity index is 2.14. The van der Waals surface area contributed by atoms with Gasteiger partial charge in [0.15, 0.2) is 0 Å². The summed E-state index contributed by atoms with van der Waals surface area (Å²) in [7, 11) is 0. The standard InChI is InChI=1S/C13H15NO/c1-10-4-2-5-11(8-10)13-7-3-6-12(9-14)15-13/h2,4-5,8,12-13H,3,6-7H2,1H3/t12-,13+/m0/s1. The van der Waals surface area contributed by atoms with Crippen molar-refractivity contribution in [3.8, 4) is 6.07 Å². The largest absolute Gasteiger partial charge is 0.355 e. The average molecular weight is 201 g/mol. The smallest absolute Gasteiger partial charge is 0.144 e. The van der Waals surface area contributed by atoms with Crippen molar-refractivity contribution in [1.82, 2.24) is 0 Å². The molecule has 2 rings (SSSR count). The SMILES string of the molecule is Cc1cccc([C@H]2CCC[C@@H](C#N)O2)c1. The minimum Gasteiger partial charge on any atom is -0.355 e. The van der Waals surface area contributed by atoms with Crippen LogP contribution >= 0.6 is 0 Å². The zero-order chi connectivity index (χ0) is 10.7.